The van der Waals surface area contributed by atoms with Crippen LogP contribution in [0.2, 0.25) is 25.7 Å². The van der Waals surface area contributed by atoms with E-state index in [0.29, 0.717) is 38.1 Å². The third kappa shape index (κ3) is 3.53. The summed E-state index contributed by atoms with van der Waals surface area (Å²) >= 11 is 0. The van der Waals surface area contributed by atoms with Crippen LogP contribution in [-0.2, 0) is 14.3 Å². The first-order valence-corrected chi connectivity index (χ1v) is 11.1. The Hall–Kier alpha value is -1.04. The van der Waals surface area contributed by atoms with Gasteiger partial charge >= 0.3 is 12.1 Å². The van der Waals surface area contributed by atoms with Crippen LogP contribution in [0.1, 0.15) is 6.92 Å². The molecule has 0 bridgehead atoms. The van der Waals surface area contributed by atoms with Gasteiger partial charge in [0.05, 0.1) is 19.1 Å². The van der Waals surface area contributed by atoms with Crippen molar-refractivity contribution in [3.05, 3.63) is 0 Å². The summed E-state index contributed by atoms with van der Waals surface area (Å²) in [6.07, 6.45) is -0.224. The summed E-state index contributed by atoms with van der Waals surface area (Å²) < 4.78 is 10.4. The van der Waals surface area contributed by atoms with E-state index in [-0.39, 0.29) is 18.0 Å². The standard InChI is InChI=1S/C14H25NO4Si/c1-5-18-13(16)12-10-8-15(9-11(10)12)14(17)19-6-7-20(2,3)4/h10-12H,5-9H2,1-4H3/t10-,11+,12?. The molecule has 0 radical (unpaired) electrons. The van der Waals surface area contributed by atoms with Gasteiger partial charge in [-0.2, -0.15) is 0 Å². The molecule has 5 nitrogen and oxygen atoms in total. The number of piperidine rings is 1. The van der Waals surface area contributed by atoms with Gasteiger partial charge in [0.25, 0.3) is 0 Å². The largest absolute Gasteiger partial charge is 0.466 e. The van der Waals surface area contributed by atoms with Gasteiger partial charge < -0.3 is 14.4 Å². The van der Waals surface area contributed by atoms with E-state index in [4.69, 9.17) is 9.47 Å². The Balaban J connectivity index is 1.69. The van der Waals surface area contributed by atoms with E-state index < -0.39 is 8.07 Å². The predicted octanol–water partition coefficient (Wildman–Crippen LogP) is 2.20. The molecule has 114 valence electrons. The Morgan fingerprint density at radius 2 is 1.75 bits per heavy atom. The van der Waals surface area contributed by atoms with Crippen LogP contribution in [0.4, 0.5) is 4.79 Å². The Bertz CT molecular complexity index is 381. The van der Waals surface area contributed by atoms with Crippen molar-refractivity contribution in [2.24, 2.45) is 17.8 Å². The van der Waals surface area contributed by atoms with Gasteiger partial charge in [-0.15, -0.1) is 0 Å². The molecule has 0 spiro atoms. The van der Waals surface area contributed by atoms with Gasteiger partial charge in [-0.25, -0.2) is 4.79 Å². The van der Waals surface area contributed by atoms with Gasteiger partial charge in [0.1, 0.15) is 0 Å². The molecule has 1 saturated heterocycles. The maximum Gasteiger partial charge on any atom is 0.409 e. The smallest absolute Gasteiger partial charge is 0.409 e. The van der Waals surface area contributed by atoms with Gasteiger partial charge in [-0.3, -0.25) is 4.79 Å². The summed E-state index contributed by atoms with van der Waals surface area (Å²) in [4.78, 5) is 25.3. The van der Waals surface area contributed by atoms with Crippen molar-refractivity contribution in [2.45, 2.75) is 32.6 Å². The minimum absolute atomic E-state index is 0.0148. The van der Waals surface area contributed by atoms with E-state index in [2.05, 4.69) is 19.6 Å². The van der Waals surface area contributed by atoms with Crippen LogP contribution in [-0.4, -0.2) is 51.3 Å². The summed E-state index contributed by atoms with van der Waals surface area (Å²) in [6.45, 7) is 10.8. The fourth-order valence-electron chi connectivity index (χ4n) is 2.80. The zero-order valence-corrected chi connectivity index (χ0v) is 13.8. The van der Waals surface area contributed by atoms with Crippen LogP contribution >= 0.6 is 0 Å². The molecular weight excluding hydrogens is 274 g/mol. The highest BCUT2D eigenvalue weighted by Gasteiger charge is 2.61. The normalized spacial score (nSPS) is 28.0. The molecule has 1 unspecified atom stereocenters. The maximum atomic E-state index is 11.9. The summed E-state index contributed by atoms with van der Waals surface area (Å²) in [5, 5.41) is 0. The van der Waals surface area contributed by atoms with Crippen molar-refractivity contribution in [1.82, 2.24) is 4.90 Å². The van der Waals surface area contributed by atoms with E-state index >= 15 is 0 Å². The van der Waals surface area contributed by atoms with E-state index in [9.17, 15) is 9.59 Å². The molecule has 1 amide bonds. The summed E-state index contributed by atoms with van der Waals surface area (Å²) in [7, 11) is -1.16. The Morgan fingerprint density at radius 1 is 1.15 bits per heavy atom. The second-order valence-electron chi connectivity index (χ2n) is 6.94. The molecule has 0 aromatic heterocycles. The number of hydrogen-bond donors (Lipinski definition) is 0. The van der Waals surface area contributed by atoms with Crippen molar-refractivity contribution in [1.29, 1.82) is 0 Å². The van der Waals surface area contributed by atoms with Crippen molar-refractivity contribution < 1.29 is 19.1 Å². The van der Waals surface area contributed by atoms with Gasteiger partial charge in [-0.1, -0.05) is 19.6 Å². The molecular formula is C14H25NO4Si. The number of esters is 1. The number of hydrogen-bond acceptors (Lipinski definition) is 4. The van der Waals surface area contributed by atoms with Crippen molar-refractivity contribution in [3.8, 4) is 0 Å². The van der Waals surface area contributed by atoms with Gasteiger partial charge in [0.15, 0.2) is 0 Å². The molecule has 2 fully saturated rings. The summed E-state index contributed by atoms with van der Waals surface area (Å²) in [6, 6.07) is 0.991. The third-order valence-corrected chi connectivity index (χ3v) is 5.79. The number of fused-ring (bicyclic) bond motifs is 1. The first-order chi connectivity index (χ1) is 9.33. The number of rotatable bonds is 5. The third-order valence-electron chi connectivity index (χ3n) is 4.09. The highest BCUT2D eigenvalue weighted by atomic mass is 28.3. The minimum atomic E-state index is -1.16. The second-order valence-corrected chi connectivity index (χ2v) is 12.6. The van der Waals surface area contributed by atoms with E-state index in [1.165, 1.54) is 0 Å². The monoisotopic (exact) mass is 299 g/mol. The highest BCUT2D eigenvalue weighted by molar-refractivity contribution is 6.76. The van der Waals surface area contributed by atoms with Gasteiger partial charge in [0, 0.05) is 21.2 Å². The molecule has 2 rings (SSSR count). The fourth-order valence-corrected chi connectivity index (χ4v) is 3.51. The second kappa shape index (κ2) is 5.75. The van der Waals surface area contributed by atoms with Crippen molar-refractivity contribution in [3.63, 3.8) is 0 Å². The first kappa shape index (κ1) is 15.3. The van der Waals surface area contributed by atoms with Crippen molar-refractivity contribution in [2.75, 3.05) is 26.3 Å². The van der Waals surface area contributed by atoms with Crippen LogP contribution in [0.25, 0.3) is 0 Å². The quantitative estimate of drug-likeness (QED) is 0.577. The van der Waals surface area contributed by atoms with Crippen LogP contribution in [0.3, 0.4) is 0 Å². The SMILES string of the molecule is CCOC(=O)C1[C@H]2CN(C(=O)OCC[Si](C)(C)C)C[C@@H]12. The molecule has 0 N–H and O–H groups in total. The topological polar surface area (TPSA) is 55.8 Å². The van der Waals surface area contributed by atoms with Crippen LogP contribution in [0.5, 0.6) is 0 Å². The average molecular weight is 299 g/mol. The predicted molar refractivity (Wildman–Crippen MR) is 78.2 cm³/mol. The first-order valence-electron chi connectivity index (χ1n) is 7.42. The maximum absolute atomic E-state index is 11.9. The summed E-state index contributed by atoms with van der Waals surface area (Å²) in [5.41, 5.74) is 0. The number of likely N-dealkylation sites (tertiary alicyclic amines) is 1. The number of carbonyl (C=O) groups is 2. The Morgan fingerprint density at radius 3 is 2.25 bits per heavy atom. The molecule has 3 atom stereocenters. The van der Waals surface area contributed by atoms with Crippen LogP contribution in [0.15, 0.2) is 0 Å². The lowest BCUT2D eigenvalue weighted by Crippen LogP contribution is -2.34. The van der Waals surface area contributed by atoms with E-state index in [1.807, 2.05) is 6.92 Å². The number of amides is 1. The number of ether oxygens (including phenoxy) is 2. The molecule has 1 saturated carbocycles. The molecule has 1 heterocycles. The molecule has 0 aromatic rings. The molecule has 1 aliphatic carbocycles. The molecule has 6 heteroatoms. The van der Waals surface area contributed by atoms with E-state index in [0.717, 1.165) is 6.04 Å². The van der Waals surface area contributed by atoms with E-state index in [1.54, 1.807) is 4.90 Å². The zero-order chi connectivity index (χ0) is 14.9. The molecule has 1 aliphatic heterocycles. The Labute approximate surface area is 121 Å². The highest BCUT2D eigenvalue weighted by Crippen LogP contribution is 2.52. The average Bonchev–Trinajstić information content (AvgIpc) is 2.83. The molecule has 2 aliphatic rings. The van der Waals surface area contributed by atoms with Crippen LogP contribution in [0, 0.1) is 17.8 Å². The number of carbonyl (C=O) groups excluding carboxylic acids is 2. The Kier molecular flexibility index (Phi) is 4.42. The number of nitrogens with zero attached hydrogens (tertiary/aromatic N) is 1. The minimum Gasteiger partial charge on any atom is -0.466 e. The molecule has 20 heavy (non-hydrogen) atoms. The lowest BCUT2D eigenvalue weighted by atomic mass is 10.3. The lowest BCUT2D eigenvalue weighted by molar-refractivity contribution is -0.145. The lowest BCUT2D eigenvalue weighted by Gasteiger charge is -2.21. The summed E-state index contributed by atoms with van der Waals surface area (Å²) in [5.74, 6) is 0.493. The van der Waals surface area contributed by atoms with Gasteiger partial charge in [0.2, 0.25) is 0 Å². The zero-order valence-electron chi connectivity index (χ0n) is 12.8. The molecule has 0 aromatic carbocycles. The fraction of sp³-hybridized carbons (Fsp3) is 0.857. The van der Waals surface area contributed by atoms with Crippen LogP contribution < -0.4 is 0 Å². The van der Waals surface area contributed by atoms with Gasteiger partial charge in [-0.05, 0) is 24.8 Å². The van der Waals surface area contributed by atoms with Crippen molar-refractivity contribution >= 4 is 20.1 Å².